The van der Waals surface area contributed by atoms with Gasteiger partial charge in [-0.05, 0) is 38.2 Å². The molecule has 4 rings (SSSR count). The molecule has 1 saturated heterocycles. The highest BCUT2D eigenvalue weighted by molar-refractivity contribution is 6.05. The SMILES string of the molecule is Cc1nc(-c2ccccc2)ccc1C(=O)Nc1ccc(N2CCN(C)CC2)nc1. The molecule has 1 aliphatic heterocycles. The predicted molar refractivity (Wildman–Crippen MR) is 116 cm³/mol. The van der Waals surface area contributed by atoms with Gasteiger partial charge in [0.15, 0.2) is 0 Å². The summed E-state index contributed by atoms with van der Waals surface area (Å²) in [4.78, 5) is 26.4. The number of aryl methyl sites for hydroxylation is 1. The molecule has 29 heavy (non-hydrogen) atoms. The van der Waals surface area contributed by atoms with Gasteiger partial charge in [-0.1, -0.05) is 30.3 Å². The van der Waals surface area contributed by atoms with Gasteiger partial charge in [0.05, 0.1) is 28.8 Å². The van der Waals surface area contributed by atoms with Gasteiger partial charge in [0.2, 0.25) is 0 Å². The Bertz CT molecular complexity index is 980. The molecular formula is C23H25N5O. The lowest BCUT2D eigenvalue weighted by atomic mass is 10.1. The molecule has 2 aromatic heterocycles. The highest BCUT2D eigenvalue weighted by atomic mass is 16.1. The Hall–Kier alpha value is -3.25. The van der Waals surface area contributed by atoms with Crippen molar-refractivity contribution < 1.29 is 4.79 Å². The van der Waals surface area contributed by atoms with Crippen LogP contribution >= 0.6 is 0 Å². The third-order valence-electron chi connectivity index (χ3n) is 5.23. The van der Waals surface area contributed by atoms with Gasteiger partial charge >= 0.3 is 0 Å². The van der Waals surface area contributed by atoms with E-state index in [0.29, 0.717) is 16.9 Å². The standard InChI is InChI=1S/C23H25N5O/c1-17-20(9-10-21(25-17)18-6-4-3-5-7-18)23(29)26-19-8-11-22(24-16-19)28-14-12-27(2)13-15-28/h3-11,16H,12-15H2,1-2H3,(H,26,29). The molecule has 0 atom stereocenters. The van der Waals surface area contributed by atoms with Crippen LogP contribution in [-0.4, -0.2) is 54.0 Å². The van der Waals surface area contributed by atoms with E-state index in [2.05, 4.69) is 32.1 Å². The summed E-state index contributed by atoms with van der Waals surface area (Å²) >= 11 is 0. The van der Waals surface area contributed by atoms with Crippen molar-refractivity contribution in [2.24, 2.45) is 0 Å². The van der Waals surface area contributed by atoms with Crippen molar-refractivity contribution in [3.05, 3.63) is 72.1 Å². The summed E-state index contributed by atoms with van der Waals surface area (Å²) in [5.41, 5.74) is 3.84. The third-order valence-corrected chi connectivity index (χ3v) is 5.23. The number of rotatable bonds is 4. The van der Waals surface area contributed by atoms with Crippen molar-refractivity contribution >= 4 is 17.4 Å². The first-order chi connectivity index (χ1) is 14.1. The van der Waals surface area contributed by atoms with Crippen molar-refractivity contribution in [3.8, 4) is 11.3 Å². The first kappa shape index (κ1) is 19.1. The number of nitrogens with zero attached hydrogens (tertiary/aromatic N) is 4. The average Bonchev–Trinajstić information content (AvgIpc) is 2.75. The van der Waals surface area contributed by atoms with E-state index in [0.717, 1.165) is 43.3 Å². The van der Waals surface area contributed by atoms with Crippen molar-refractivity contribution in [1.82, 2.24) is 14.9 Å². The summed E-state index contributed by atoms with van der Waals surface area (Å²) in [6, 6.07) is 17.5. The molecule has 6 heteroatoms. The van der Waals surface area contributed by atoms with Gasteiger partial charge in [-0.15, -0.1) is 0 Å². The maximum absolute atomic E-state index is 12.7. The Morgan fingerprint density at radius 1 is 0.966 bits per heavy atom. The highest BCUT2D eigenvalue weighted by Gasteiger charge is 2.16. The highest BCUT2D eigenvalue weighted by Crippen LogP contribution is 2.20. The van der Waals surface area contributed by atoms with Gasteiger partial charge in [0.1, 0.15) is 5.82 Å². The fourth-order valence-electron chi connectivity index (χ4n) is 3.45. The summed E-state index contributed by atoms with van der Waals surface area (Å²) in [5.74, 6) is 0.768. The Balaban J connectivity index is 1.44. The minimum Gasteiger partial charge on any atom is -0.354 e. The normalized spacial score (nSPS) is 14.6. The van der Waals surface area contributed by atoms with Crippen LogP contribution in [-0.2, 0) is 0 Å². The summed E-state index contributed by atoms with van der Waals surface area (Å²) < 4.78 is 0. The van der Waals surface area contributed by atoms with Crippen LogP contribution in [0.2, 0.25) is 0 Å². The van der Waals surface area contributed by atoms with Gasteiger partial charge in [-0.25, -0.2) is 4.98 Å². The number of carbonyl (C=O) groups excluding carboxylic acids is 1. The van der Waals surface area contributed by atoms with Crippen LogP contribution in [0.5, 0.6) is 0 Å². The number of carbonyl (C=O) groups is 1. The maximum Gasteiger partial charge on any atom is 0.257 e. The van der Waals surface area contributed by atoms with E-state index in [-0.39, 0.29) is 5.91 Å². The topological polar surface area (TPSA) is 61.4 Å². The lowest BCUT2D eigenvalue weighted by Gasteiger charge is -2.33. The van der Waals surface area contributed by atoms with Gasteiger partial charge in [0, 0.05) is 31.7 Å². The first-order valence-electron chi connectivity index (χ1n) is 9.84. The number of anilines is 2. The number of aromatic nitrogens is 2. The van der Waals surface area contributed by atoms with Crippen LogP contribution in [0.15, 0.2) is 60.8 Å². The molecule has 148 valence electrons. The monoisotopic (exact) mass is 387 g/mol. The number of benzene rings is 1. The molecule has 0 bridgehead atoms. The van der Waals surface area contributed by atoms with E-state index in [1.165, 1.54) is 0 Å². The van der Waals surface area contributed by atoms with Gasteiger partial charge in [-0.2, -0.15) is 0 Å². The third kappa shape index (κ3) is 4.43. The Labute approximate surface area is 171 Å². The molecule has 1 amide bonds. The molecule has 3 heterocycles. The van der Waals surface area contributed by atoms with Crippen LogP contribution in [0.1, 0.15) is 16.1 Å². The number of hydrogen-bond donors (Lipinski definition) is 1. The molecule has 0 aliphatic carbocycles. The Morgan fingerprint density at radius 2 is 1.72 bits per heavy atom. The molecule has 0 spiro atoms. The zero-order chi connectivity index (χ0) is 20.2. The number of likely N-dealkylation sites (N-methyl/N-ethyl adjacent to an activating group) is 1. The van der Waals surface area contributed by atoms with Gasteiger partial charge in [-0.3, -0.25) is 9.78 Å². The van der Waals surface area contributed by atoms with Crippen molar-refractivity contribution in [1.29, 1.82) is 0 Å². The van der Waals surface area contributed by atoms with Crippen molar-refractivity contribution in [3.63, 3.8) is 0 Å². The van der Waals surface area contributed by atoms with E-state index < -0.39 is 0 Å². The fourth-order valence-corrected chi connectivity index (χ4v) is 3.45. The second-order valence-electron chi connectivity index (χ2n) is 7.35. The second kappa shape index (κ2) is 8.41. The van der Waals surface area contributed by atoms with Crippen molar-refractivity contribution in [2.75, 3.05) is 43.4 Å². The van der Waals surface area contributed by atoms with Gasteiger partial charge < -0.3 is 15.1 Å². The summed E-state index contributed by atoms with van der Waals surface area (Å²) in [6.45, 7) is 5.86. The quantitative estimate of drug-likeness (QED) is 0.743. The Morgan fingerprint density at radius 3 is 2.38 bits per heavy atom. The lowest BCUT2D eigenvalue weighted by molar-refractivity contribution is 0.102. The first-order valence-corrected chi connectivity index (χ1v) is 9.84. The number of hydrogen-bond acceptors (Lipinski definition) is 5. The summed E-state index contributed by atoms with van der Waals surface area (Å²) in [7, 11) is 2.13. The molecule has 6 nitrogen and oxygen atoms in total. The molecule has 1 fully saturated rings. The van der Waals surface area contributed by atoms with E-state index in [4.69, 9.17) is 0 Å². The molecule has 0 unspecified atom stereocenters. The van der Waals surface area contributed by atoms with Crippen LogP contribution in [0.25, 0.3) is 11.3 Å². The Kier molecular flexibility index (Phi) is 5.53. The van der Waals surface area contributed by atoms with Crippen LogP contribution in [0, 0.1) is 6.92 Å². The minimum absolute atomic E-state index is 0.177. The number of amides is 1. The summed E-state index contributed by atoms with van der Waals surface area (Å²) in [6.07, 6.45) is 1.71. The minimum atomic E-state index is -0.177. The lowest BCUT2D eigenvalue weighted by Crippen LogP contribution is -2.44. The predicted octanol–water partition coefficient (Wildman–Crippen LogP) is 3.46. The van der Waals surface area contributed by atoms with Crippen LogP contribution in [0.4, 0.5) is 11.5 Å². The number of pyridine rings is 2. The zero-order valence-corrected chi connectivity index (χ0v) is 16.8. The van der Waals surface area contributed by atoms with Crippen LogP contribution in [0.3, 0.4) is 0 Å². The largest absolute Gasteiger partial charge is 0.354 e. The second-order valence-corrected chi connectivity index (χ2v) is 7.35. The molecule has 0 radical (unpaired) electrons. The zero-order valence-electron chi connectivity index (χ0n) is 16.8. The van der Waals surface area contributed by atoms with E-state index in [1.807, 2.05) is 61.5 Å². The number of nitrogens with one attached hydrogen (secondary N) is 1. The molecule has 0 saturated carbocycles. The van der Waals surface area contributed by atoms with E-state index >= 15 is 0 Å². The molecule has 1 aromatic carbocycles. The molecule has 3 aromatic rings. The molecule has 1 N–H and O–H groups in total. The summed E-state index contributed by atoms with van der Waals surface area (Å²) in [5, 5.41) is 2.93. The van der Waals surface area contributed by atoms with Crippen LogP contribution < -0.4 is 10.2 Å². The van der Waals surface area contributed by atoms with E-state index in [1.54, 1.807) is 6.20 Å². The molecule has 1 aliphatic rings. The number of piperazine rings is 1. The fraction of sp³-hybridized carbons (Fsp3) is 0.261. The van der Waals surface area contributed by atoms with E-state index in [9.17, 15) is 4.79 Å². The molecular weight excluding hydrogens is 362 g/mol. The van der Waals surface area contributed by atoms with Gasteiger partial charge in [0.25, 0.3) is 5.91 Å². The average molecular weight is 387 g/mol. The van der Waals surface area contributed by atoms with Crippen molar-refractivity contribution in [2.45, 2.75) is 6.92 Å². The smallest absolute Gasteiger partial charge is 0.257 e. The maximum atomic E-state index is 12.7.